The minimum Gasteiger partial charge on any atom is -0.375 e. The zero-order chi connectivity index (χ0) is 23.0. The fourth-order valence-electron chi connectivity index (χ4n) is 4.16. The van der Waals surface area contributed by atoms with Crippen LogP contribution in [0.15, 0.2) is 66.7 Å². The number of aryl methyl sites for hydroxylation is 2. The van der Waals surface area contributed by atoms with Crippen LogP contribution in [0.1, 0.15) is 39.0 Å². The Morgan fingerprint density at radius 3 is 2.53 bits per heavy atom. The number of nitro benzene ring substituents is 1. The summed E-state index contributed by atoms with van der Waals surface area (Å²) in [5, 5.41) is 22.5. The topological polar surface area (TPSA) is 101 Å². The van der Waals surface area contributed by atoms with Gasteiger partial charge in [0.05, 0.1) is 23.6 Å². The molecular formula is C25H22N2O5. The van der Waals surface area contributed by atoms with Crippen molar-refractivity contribution in [1.29, 1.82) is 0 Å². The smallest absolute Gasteiger partial charge is 0.270 e. The molecule has 0 aromatic heterocycles. The van der Waals surface area contributed by atoms with Gasteiger partial charge in [0.2, 0.25) is 0 Å². The lowest BCUT2D eigenvalue weighted by atomic mass is 9.88. The molecule has 162 valence electrons. The zero-order valence-electron chi connectivity index (χ0n) is 17.7. The molecule has 7 nitrogen and oxygen atoms in total. The molecule has 1 aliphatic heterocycles. The van der Waals surface area contributed by atoms with Crippen LogP contribution in [0.4, 0.5) is 11.4 Å². The Hall–Kier alpha value is -3.84. The number of amides is 1. The summed E-state index contributed by atoms with van der Waals surface area (Å²) >= 11 is 0. The molecule has 1 aliphatic rings. The van der Waals surface area contributed by atoms with Gasteiger partial charge in [0.1, 0.15) is 0 Å². The molecule has 3 aromatic rings. The first-order chi connectivity index (χ1) is 15.2. The second kappa shape index (κ2) is 8.01. The second-order valence-electron chi connectivity index (χ2n) is 8.11. The van der Waals surface area contributed by atoms with E-state index in [1.807, 2.05) is 32.0 Å². The number of anilines is 1. The molecule has 1 heterocycles. The molecule has 4 rings (SSSR count). The summed E-state index contributed by atoms with van der Waals surface area (Å²) in [6.07, 6.45) is -0.507. The van der Waals surface area contributed by atoms with Crippen molar-refractivity contribution in [1.82, 2.24) is 0 Å². The van der Waals surface area contributed by atoms with Crippen molar-refractivity contribution in [3.05, 3.63) is 105 Å². The number of rotatable bonds is 6. The number of Topliss-reactive ketones (excluding diaryl/α,β-unsaturated/α-hetero) is 1. The Bertz CT molecular complexity index is 1250. The van der Waals surface area contributed by atoms with Gasteiger partial charge in [0.25, 0.3) is 11.6 Å². The highest BCUT2D eigenvalue weighted by molar-refractivity contribution is 6.10. The first kappa shape index (κ1) is 21.4. The van der Waals surface area contributed by atoms with E-state index in [2.05, 4.69) is 0 Å². The van der Waals surface area contributed by atoms with Crippen LogP contribution in [0.5, 0.6) is 0 Å². The number of benzene rings is 3. The van der Waals surface area contributed by atoms with Crippen molar-refractivity contribution in [3.8, 4) is 0 Å². The number of aliphatic hydroxyl groups is 1. The van der Waals surface area contributed by atoms with Crippen LogP contribution in [-0.2, 0) is 16.9 Å². The molecule has 1 amide bonds. The number of non-ortho nitro benzene ring substituents is 1. The van der Waals surface area contributed by atoms with Crippen molar-refractivity contribution in [2.24, 2.45) is 0 Å². The monoisotopic (exact) mass is 430 g/mol. The summed E-state index contributed by atoms with van der Waals surface area (Å²) < 4.78 is 0. The van der Waals surface area contributed by atoms with Crippen LogP contribution < -0.4 is 4.90 Å². The van der Waals surface area contributed by atoms with Crippen molar-refractivity contribution < 1.29 is 19.6 Å². The van der Waals surface area contributed by atoms with Gasteiger partial charge in [0.15, 0.2) is 11.4 Å². The minimum atomic E-state index is -2.04. The summed E-state index contributed by atoms with van der Waals surface area (Å²) in [5.41, 5.74) is 1.78. The second-order valence-corrected chi connectivity index (χ2v) is 8.11. The van der Waals surface area contributed by atoms with Gasteiger partial charge in [-0.2, -0.15) is 0 Å². The van der Waals surface area contributed by atoms with Crippen molar-refractivity contribution in [2.75, 3.05) is 4.90 Å². The predicted molar refractivity (Wildman–Crippen MR) is 119 cm³/mol. The van der Waals surface area contributed by atoms with Gasteiger partial charge in [-0.05, 0) is 31.0 Å². The van der Waals surface area contributed by atoms with Gasteiger partial charge >= 0.3 is 0 Å². The van der Waals surface area contributed by atoms with Gasteiger partial charge in [0, 0.05) is 23.3 Å². The van der Waals surface area contributed by atoms with Crippen molar-refractivity contribution in [3.63, 3.8) is 0 Å². The number of ketones is 1. The number of fused-ring (bicyclic) bond motifs is 1. The molecule has 0 aliphatic carbocycles. The molecule has 0 saturated heterocycles. The van der Waals surface area contributed by atoms with E-state index in [4.69, 9.17) is 0 Å². The molecule has 32 heavy (non-hydrogen) atoms. The van der Waals surface area contributed by atoms with Gasteiger partial charge < -0.3 is 10.0 Å². The van der Waals surface area contributed by atoms with Gasteiger partial charge in [-0.25, -0.2) is 0 Å². The molecule has 7 heteroatoms. The number of hydrogen-bond donors (Lipinski definition) is 1. The van der Waals surface area contributed by atoms with Crippen LogP contribution in [-0.4, -0.2) is 21.7 Å². The predicted octanol–water partition coefficient (Wildman–Crippen LogP) is 4.22. The maximum atomic E-state index is 13.4. The first-order valence-corrected chi connectivity index (χ1v) is 10.2. The van der Waals surface area contributed by atoms with Gasteiger partial charge in [-0.1, -0.05) is 54.1 Å². The fraction of sp³-hybridized carbons (Fsp3) is 0.200. The van der Waals surface area contributed by atoms with Crippen LogP contribution in [0, 0.1) is 24.0 Å². The molecule has 0 saturated carbocycles. The summed E-state index contributed by atoms with van der Waals surface area (Å²) in [4.78, 5) is 38.3. The third-order valence-electron chi connectivity index (χ3n) is 5.86. The highest BCUT2D eigenvalue weighted by Gasteiger charge is 2.50. The van der Waals surface area contributed by atoms with E-state index >= 15 is 0 Å². The molecule has 0 fully saturated rings. The molecule has 0 radical (unpaired) electrons. The normalized spacial score (nSPS) is 17.3. The Balaban J connectivity index is 1.68. The van der Waals surface area contributed by atoms with Gasteiger partial charge in [-0.15, -0.1) is 0 Å². The SMILES string of the molecule is Cc1ccc(CN2C(=O)C(O)(CC(=O)c3cccc([N+](=O)[O-])c3)c3ccccc32)c(C)c1. The number of para-hydroxylation sites is 1. The highest BCUT2D eigenvalue weighted by Crippen LogP contribution is 2.43. The number of nitrogens with zero attached hydrogens (tertiary/aromatic N) is 2. The Morgan fingerprint density at radius 1 is 1.06 bits per heavy atom. The highest BCUT2D eigenvalue weighted by atomic mass is 16.6. The molecule has 1 N–H and O–H groups in total. The summed E-state index contributed by atoms with van der Waals surface area (Å²) in [6.45, 7) is 4.22. The van der Waals surface area contributed by atoms with Crippen molar-refractivity contribution >= 4 is 23.1 Å². The molecular weight excluding hydrogens is 408 g/mol. The van der Waals surface area contributed by atoms with E-state index in [0.29, 0.717) is 11.3 Å². The van der Waals surface area contributed by atoms with Crippen LogP contribution in [0.3, 0.4) is 0 Å². The number of hydrogen-bond acceptors (Lipinski definition) is 5. The molecule has 3 aromatic carbocycles. The summed E-state index contributed by atoms with van der Waals surface area (Å²) in [6, 6.07) is 18.1. The maximum Gasteiger partial charge on any atom is 0.270 e. The van der Waals surface area contributed by atoms with Crippen LogP contribution in [0.25, 0.3) is 0 Å². The quantitative estimate of drug-likeness (QED) is 0.358. The third kappa shape index (κ3) is 3.67. The van der Waals surface area contributed by atoms with Crippen molar-refractivity contribution in [2.45, 2.75) is 32.4 Å². The average Bonchev–Trinajstić information content (AvgIpc) is 2.97. The Morgan fingerprint density at radius 2 is 1.81 bits per heavy atom. The lowest BCUT2D eigenvalue weighted by Gasteiger charge is -2.23. The number of carbonyl (C=O) groups excluding carboxylic acids is 2. The van der Waals surface area contributed by atoms with E-state index in [1.165, 1.54) is 23.1 Å². The third-order valence-corrected chi connectivity index (χ3v) is 5.86. The van der Waals surface area contributed by atoms with Crippen LogP contribution in [0.2, 0.25) is 0 Å². The average molecular weight is 430 g/mol. The molecule has 0 bridgehead atoms. The van der Waals surface area contributed by atoms with Gasteiger partial charge in [-0.3, -0.25) is 19.7 Å². The Labute approximate surface area is 185 Å². The Kier molecular flexibility index (Phi) is 5.36. The van der Waals surface area contributed by atoms with E-state index in [0.717, 1.165) is 22.8 Å². The minimum absolute atomic E-state index is 0.0748. The molecule has 0 spiro atoms. The fourth-order valence-corrected chi connectivity index (χ4v) is 4.16. The number of carbonyl (C=O) groups is 2. The van der Waals surface area contributed by atoms with E-state index in [1.54, 1.807) is 24.3 Å². The van der Waals surface area contributed by atoms with E-state index in [-0.39, 0.29) is 17.8 Å². The largest absolute Gasteiger partial charge is 0.375 e. The summed E-state index contributed by atoms with van der Waals surface area (Å²) in [7, 11) is 0. The first-order valence-electron chi connectivity index (χ1n) is 10.2. The molecule has 1 unspecified atom stereocenters. The van der Waals surface area contributed by atoms with Crippen LogP contribution >= 0.6 is 0 Å². The number of nitro groups is 1. The standard InChI is InChI=1S/C25H22N2O5/c1-16-10-11-19(17(2)12-16)15-26-22-9-4-3-8-21(22)25(30,24(26)29)14-23(28)18-6-5-7-20(13-18)27(31)32/h3-13,30H,14-15H2,1-2H3. The lowest BCUT2D eigenvalue weighted by Crippen LogP contribution is -2.41. The molecule has 1 atom stereocenters. The summed E-state index contributed by atoms with van der Waals surface area (Å²) in [5.74, 6) is -1.13. The maximum absolute atomic E-state index is 13.4. The van der Waals surface area contributed by atoms with E-state index in [9.17, 15) is 24.8 Å². The zero-order valence-corrected chi connectivity index (χ0v) is 17.7. The van der Waals surface area contributed by atoms with E-state index < -0.39 is 28.6 Å². The lowest BCUT2D eigenvalue weighted by molar-refractivity contribution is -0.384.